The normalized spacial score (nSPS) is 14.9. The number of aliphatic hydroxyl groups excluding tert-OH is 2. The summed E-state index contributed by atoms with van der Waals surface area (Å²) in [4.78, 5) is 0. The zero-order valence-corrected chi connectivity index (χ0v) is 24.6. The Labute approximate surface area is 194 Å². The van der Waals surface area contributed by atoms with Crippen LogP contribution in [0.3, 0.4) is 0 Å². The van der Waals surface area contributed by atoms with Crippen molar-refractivity contribution >= 4 is 3.26 Å². The Morgan fingerprint density at radius 1 is 0.800 bits per heavy atom. The van der Waals surface area contributed by atoms with Crippen LogP contribution in [-0.2, 0) is 21.0 Å². The first-order valence-corrected chi connectivity index (χ1v) is 17.3. The van der Waals surface area contributed by atoms with E-state index in [-0.39, 0.29) is 12.2 Å². The van der Waals surface area contributed by atoms with E-state index in [4.69, 9.17) is 10.2 Å². The van der Waals surface area contributed by atoms with Gasteiger partial charge in [-0.1, -0.05) is 0 Å². The Hall–Kier alpha value is -0.380. The summed E-state index contributed by atoms with van der Waals surface area (Å²) in [5, 5.41) is 16.1. The Bertz CT molecular complexity index is 586. The maximum atomic E-state index is 8.06. The molecule has 3 heteroatoms. The molecule has 0 atom stereocenters. The van der Waals surface area contributed by atoms with E-state index >= 15 is 0 Å². The van der Waals surface area contributed by atoms with Crippen LogP contribution in [0.25, 0.3) is 0 Å². The predicted molar refractivity (Wildman–Crippen MR) is 132 cm³/mol. The molecule has 0 spiro atoms. The van der Waals surface area contributed by atoms with E-state index in [2.05, 4.69) is 52.0 Å². The van der Waals surface area contributed by atoms with Crippen molar-refractivity contribution in [1.82, 2.24) is 0 Å². The molecule has 0 amide bonds. The van der Waals surface area contributed by atoms with Crippen LogP contribution in [-0.4, -0.2) is 25.7 Å². The minimum absolute atomic E-state index is 0.167. The van der Waals surface area contributed by atoms with Crippen molar-refractivity contribution in [3.8, 4) is 0 Å². The van der Waals surface area contributed by atoms with E-state index in [1.807, 2.05) is 6.66 Å². The van der Waals surface area contributed by atoms with Crippen molar-refractivity contribution in [1.29, 1.82) is 0 Å². The summed E-state index contributed by atoms with van der Waals surface area (Å²) in [5.74, 6) is 0. The van der Waals surface area contributed by atoms with E-state index in [9.17, 15) is 0 Å². The third kappa shape index (κ3) is 13.8. The van der Waals surface area contributed by atoms with Crippen LogP contribution < -0.4 is 0 Å². The molecule has 2 aliphatic rings. The van der Waals surface area contributed by atoms with E-state index in [1.54, 1.807) is 42.1 Å². The Balaban J connectivity index is 0.000000901. The van der Waals surface area contributed by atoms with Gasteiger partial charge in [0.15, 0.2) is 0 Å². The SMILES string of the molecule is CC(C)O.CC(C)O.CCCCC1=CC[C]([Hf]([C]2=CC(CCCC)=CC2)=[C](C)C)=C1. The second-order valence-corrected chi connectivity index (χ2v) is 20.0. The predicted octanol–water partition coefficient (Wildman–Crippen LogP) is 7.40. The molecule has 2 nitrogen and oxygen atoms in total. The molecule has 0 bridgehead atoms. The van der Waals surface area contributed by atoms with Gasteiger partial charge in [-0.15, -0.1) is 0 Å². The van der Waals surface area contributed by atoms with Crippen molar-refractivity contribution in [2.24, 2.45) is 0 Å². The fourth-order valence-electron chi connectivity index (χ4n) is 3.47. The monoisotopic (exact) mass is 584 g/mol. The maximum absolute atomic E-state index is 8.06. The van der Waals surface area contributed by atoms with Crippen LogP contribution in [0.5, 0.6) is 0 Å². The van der Waals surface area contributed by atoms with Gasteiger partial charge in [-0.25, -0.2) is 0 Å². The second-order valence-electron chi connectivity index (χ2n) is 9.08. The van der Waals surface area contributed by atoms with Crippen LogP contribution in [0.4, 0.5) is 0 Å². The van der Waals surface area contributed by atoms with E-state index in [1.165, 1.54) is 51.4 Å². The summed E-state index contributed by atoms with van der Waals surface area (Å²) in [6.45, 7) is 16.3. The summed E-state index contributed by atoms with van der Waals surface area (Å²) in [7, 11) is 0. The van der Waals surface area contributed by atoms with Gasteiger partial charge < -0.3 is 10.2 Å². The number of hydrogen-bond acceptors (Lipinski definition) is 2. The Morgan fingerprint density at radius 2 is 1.13 bits per heavy atom. The summed E-state index contributed by atoms with van der Waals surface area (Å²) < 4.78 is 5.44. The molecule has 172 valence electrons. The van der Waals surface area contributed by atoms with Crippen LogP contribution >= 0.6 is 0 Å². The van der Waals surface area contributed by atoms with Crippen LogP contribution in [0.1, 0.15) is 107 Å². The van der Waals surface area contributed by atoms with Gasteiger partial charge in [0.05, 0.1) is 0 Å². The van der Waals surface area contributed by atoms with Crippen LogP contribution in [0.2, 0.25) is 0 Å². The molecule has 0 aromatic carbocycles. The number of unbranched alkanes of at least 4 members (excludes halogenated alkanes) is 2. The fourth-order valence-corrected chi connectivity index (χ4v) is 14.1. The summed E-state index contributed by atoms with van der Waals surface area (Å²) in [6, 6.07) is 0. The summed E-state index contributed by atoms with van der Waals surface area (Å²) in [5.41, 5.74) is 3.25. The molecule has 0 aliphatic heterocycles. The van der Waals surface area contributed by atoms with E-state index in [0.29, 0.717) is 0 Å². The summed E-state index contributed by atoms with van der Waals surface area (Å²) >= 11 is -1.87. The van der Waals surface area contributed by atoms with Crippen molar-refractivity contribution in [2.45, 2.75) is 119 Å². The summed E-state index contributed by atoms with van der Waals surface area (Å²) in [6.07, 6.45) is 20.3. The molecule has 2 aliphatic carbocycles. The molecular weight excluding hydrogens is 535 g/mol. The molecule has 2 rings (SSSR count). The Kier molecular flexibility index (Phi) is 17.0. The van der Waals surface area contributed by atoms with Gasteiger partial charge in [-0.05, 0) is 27.7 Å². The first kappa shape index (κ1) is 29.6. The molecule has 0 unspecified atom stereocenters. The average molecular weight is 583 g/mol. The van der Waals surface area contributed by atoms with Crippen molar-refractivity contribution < 1.29 is 31.2 Å². The van der Waals surface area contributed by atoms with Crippen molar-refractivity contribution in [2.75, 3.05) is 0 Å². The van der Waals surface area contributed by atoms with Gasteiger partial charge in [-0.2, -0.15) is 0 Å². The molecule has 0 heterocycles. The van der Waals surface area contributed by atoms with Gasteiger partial charge in [0.1, 0.15) is 0 Å². The third-order valence-electron chi connectivity index (χ3n) is 4.67. The zero-order chi connectivity index (χ0) is 23.1. The topological polar surface area (TPSA) is 40.5 Å². The standard InChI is InChI=1S/2C9H13.2C3H8O.C3H6.Hf/c2*1-2-3-6-9-7-4-5-8-9;2*1-3(2)4;1-3-2;/h2*7-8H,2-4,6H2,1H3;2*3-4H,1-2H3;1-2H3;. The first-order chi connectivity index (χ1) is 14.1. The van der Waals surface area contributed by atoms with E-state index < -0.39 is 21.0 Å². The molecule has 0 saturated heterocycles. The molecule has 0 fully saturated rings. The van der Waals surface area contributed by atoms with Crippen molar-refractivity contribution in [3.05, 3.63) is 42.1 Å². The minimum atomic E-state index is -1.87. The first-order valence-electron chi connectivity index (χ1n) is 12.0. The van der Waals surface area contributed by atoms with Gasteiger partial charge >= 0.3 is 145 Å². The fraction of sp³-hybridized carbons (Fsp3) is 0.667. The molecule has 30 heavy (non-hydrogen) atoms. The molecule has 0 radical (unpaired) electrons. The number of rotatable bonds is 8. The van der Waals surface area contributed by atoms with Gasteiger partial charge in [0.25, 0.3) is 0 Å². The number of aliphatic hydroxyl groups is 2. The van der Waals surface area contributed by atoms with Gasteiger partial charge in [0.2, 0.25) is 0 Å². The number of hydrogen-bond donors (Lipinski definition) is 2. The van der Waals surface area contributed by atoms with Crippen LogP contribution in [0, 0.1) is 0 Å². The van der Waals surface area contributed by atoms with Crippen molar-refractivity contribution in [3.63, 3.8) is 0 Å². The number of allylic oxidation sites excluding steroid dienone is 8. The van der Waals surface area contributed by atoms with Crippen LogP contribution in [0.15, 0.2) is 42.1 Å². The average Bonchev–Trinajstić information content (AvgIpc) is 3.27. The molecule has 0 aromatic rings. The third-order valence-corrected chi connectivity index (χ3v) is 15.4. The van der Waals surface area contributed by atoms with Gasteiger partial charge in [0, 0.05) is 12.2 Å². The second kappa shape index (κ2) is 17.2. The van der Waals surface area contributed by atoms with Gasteiger partial charge in [-0.3, -0.25) is 0 Å². The molecule has 0 saturated carbocycles. The Morgan fingerprint density at radius 3 is 1.40 bits per heavy atom. The molecule has 0 aromatic heterocycles. The zero-order valence-electron chi connectivity index (χ0n) is 21.0. The molecular formula is C27H48HfO2. The molecule has 2 N–H and O–H groups in total. The quantitative estimate of drug-likeness (QED) is 0.293. The van der Waals surface area contributed by atoms with E-state index in [0.717, 1.165) is 0 Å².